The molecule has 2 saturated carbocycles. The molecule has 0 radical (unpaired) electrons. The van der Waals surface area contributed by atoms with E-state index in [1.807, 2.05) is 0 Å². The average Bonchev–Trinajstić information content (AvgIpc) is 3.28. The summed E-state index contributed by atoms with van der Waals surface area (Å²) in [6.45, 7) is 10.4. The van der Waals surface area contributed by atoms with Crippen LogP contribution in [0, 0.1) is 35.0 Å². The Balaban J connectivity index is 1.19. The van der Waals surface area contributed by atoms with Crippen molar-refractivity contribution in [3.63, 3.8) is 0 Å². The Morgan fingerprint density at radius 1 is 1.16 bits per heavy atom. The lowest BCUT2D eigenvalue weighted by molar-refractivity contribution is -0.146. The fourth-order valence-corrected chi connectivity index (χ4v) is 9.91. The number of hydrogen-bond acceptors (Lipinski definition) is 2. The Kier molecular flexibility index (Phi) is 5.27. The Morgan fingerprint density at radius 3 is 2.88 bits per heavy atom. The highest BCUT2D eigenvalue weighted by Crippen LogP contribution is 2.69. The van der Waals surface area contributed by atoms with Gasteiger partial charge >= 0.3 is 0 Å². The van der Waals surface area contributed by atoms with Crippen LogP contribution in [0.5, 0.6) is 0 Å². The van der Waals surface area contributed by atoms with Gasteiger partial charge in [-0.15, -0.1) is 0 Å². The maximum absolute atomic E-state index is 7.33. The number of hydrogen-bond donors (Lipinski definition) is 0. The number of rotatable bonds is 4. The number of likely N-dealkylation sites (tertiary alicyclic amines) is 1. The van der Waals surface area contributed by atoms with Crippen LogP contribution in [0.4, 0.5) is 0 Å². The molecule has 6 aliphatic rings. The smallest absolute Gasteiger partial charge is 0.0941 e. The highest BCUT2D eigenvalue weighted by molar-refractivity contribution is 5.46. The van der Waals surface area contributed by atoms with Gasteiger partial charge in [0.2, 0.25) is 0 Å². The fourth-order valence-electron chi connectivity index (χ4n) is 9.91. The second-order valence-electron chi connectivity index (χ2n) is 13.3. The Labute approximate surface area is 197 Å². The van der Waals surface area contributed by atoms with E-state index in [-0.39, 0.29) is 11.2 Å². The highest BCUT2D eigenvalue weighted by Gasteiger charge is 2.66. The molecule has 2 saturated heterocycles. The molecule has 0 aromatic rings. The molecule has 0 amide bonds. The summed E-state index contributed by atoms with van der Waals surface area (Å²) in [4.78, 5) is 2.53. The third kappa shape index (κ3) is 3.10. The SMILES string of the molecule is CC1CN(C)CCC1CCC(C)[C@H]1CC[C@@H]2[C@]1(C)CCC1=CC3=CCCC[C@]34CC[C@@]12O4. The van der Waals surface area contributed by atoms with Crippen molar-refractivity contribution in [2.45, 2.75) is 109 Å². The molecule has 8 atom stereocenters. The first-order valence-electron chi connectivity index (χ1n) is 14.2. The van der Waals surface area contributed by atoms with Crippen LogP contribution in [-0.2, 0) is 4.74 Å². The molecule has 3 aliphatic heterocycles. The molecule has 2 bridgehead atoms. The molecule has 0 aromatic carbocycles. The van der Waals surface area contributed by atoms with Gasteiger partial charge in [-0.1, -0.05) is 39.3 Å². The van der Waals surface area contributed by atoms with Gasteiger partial charge in [0.25, 0.3) is 0 Å². The van der Waals surface area contributed by atoms with Crippen molar-refractivity contribution in [3.8, 4) is 0 Å². The predicted molar refractivity (Wildman–Crippen MR) is 133 cm³/mol. The minimum Gasteiger partial charge on any atom is -0.359 e. The van der Waals surface area contributed by atoms with Crippen molar-refractivity contribution in [1.29, 1.82) is 0 Å². The van der Waals surface area contributed by atoms with Crippen molar-refractivity contribution < 1.29 is 4.74 Å². The minimum atomic E-state index is 0.0913. The Morgan fingerprint density at radius 2 is 2.03 bits per heavy atom. The van der Waals surface area contributed by atoms with Gasteiger partial charge in [-0.25, -0.2) is 0 Å². The van der Waals surface area contributed by atoms with Gasteiger partial charge in [-0.2, -0.15) is 0 Å². The summed E-state index contributed by atoms with van der Waals surface area (Å²) in [5.41, 5.74) is 3.92. The number of piperidine rings is 1. The molecular weight excluding hydrogens is 390 g/mol. The molecule has 32 heavy (non-hydrogen) atoms. The van der Waals surface area contributed by atoms with Gasteiger partial charge < -0.3 is 9.64 Å². The third-order valence-electron chi connectivity index (χ3n) is 11.7. The summed E-state index contributed by atoms with van der Waals surface area (Å²) in [6, 6.07) is 0. The van der Waals surface area contributed by atoms with E-state index >= 15 is 0 Å². The fraction of sp³-hybridized carbons (Fsp3) is 0.867. The topological polar surface area (TPSA) is 12.5 Å². The van der Waals surface area contributed by atoms with Crippen molar-refractivity contribution in [3.05, 3.63) is 23.3 Å². The van der Waals surface area contributed by atoms with Gasteiger partial charge in [-0.3, -0.25) is 0 Å². The van der Waals surface area contributed by atoms with E-state index in [4.69, 9.17) is 4.74 Å². The summed E-state index contributed by atoms with van der Waals surface area (Å²) >= 11 is 0. The zero-order valence-corrected chi connectivity index (χ0v) is 21.3. The van der Waals surface area contributed by atoms with Crippen LogP contribution < -0.4 is 0 Å². The molecular formula is C30H47NO. The first-order valence-corrected chi connectivity index (χ1v) is 14.2. The summed E-state index contributed by atoms with van der Waals surface area (Å²) in [6.07, 6.45) is 21.4. The third-order valence-corrected chi connectivity index (χ3v) is 11.7. The van der Waals surface area contributed by atoms with Crippen molar-refractivity contribution in [2.75, 3.05) is 20.1 Å². The minimum absolute atomic E-state index is 0.0913. The lowest BCUT2D eigenvalue weighted by atomic mass is 9.55. The Bertz CT molecular complexity index is 814. The normalized spacial score (nSPS) is 49.0. The van der Waals surface area contributed by atoms with Gasteiger partial charge in [0, 0.05) is 6.54 Å². The predicted octanol–water partition coefficient (Wildman–Crippen LogP) is 7.16. The summed E-state index contributed by atoms with van der Waals surface area (Å²) in [5, 5.41) is 0. The highest BCUT2D eigenvalue weighted by atomic mass is 16.5. The first-order chi connectivity index (χ1) is 15.4. The van der Waals surface area contributed by atoms with Crippen LogP contribution >= 0.6 is 0 Å². The summed E-state index contributed by atoms with van der Waals surface area (Å²) < 4.78 is 7.33. The van der Waals surface area contributed by atoms with Gasteiger partial charge in [0.15, 0.2) is 0 Å². The zero-order valence-electron chi connectivity index (χ0n) is 21.3. The molecule has 3 heterocycles. The lowest BCUT2D eigenvalue weighted by Gasteiger charge is -2.56. The van der Waals surface area contributed by atoms with Gasteiger partial charge in [0.05, 0.1) is 11.2 Å². The van der Waals surface area contributed by atoms with Gasteiger partial charge in [0.1, 0.15) is 0 Å². The van der Waals surface area contributed by atoms with Crippen LogP contribution in [0.1, 0.15) is 97.8 Å². The maximum atomic E-state index is 7.33. The maximum Gasteiger partial charge on any atom is 0.0941 e. The zero-order chi connectivity index (χ0) is 22.1. The number of allylic oxidation sites excluding steroid dienone is 1. The number of ether oxygens (including phenoxy) is 1. The van der Waals surface area contributed by atoms with E-state index in [0.717, 1.165) is 29.6 Å². The van der Waals surface area contributed by atoms with Crippen molar-refractivity contribution in [1.82, 2.24) is 4.90 Å². The largest absolute Gasteiger partial charge is 0.359 e. The van der Waals surface area contributed by atoms with E-state index in [1.165, 1.54) is 90.1 Å². The summed E-state index contributed by atoms with van der Waals surface area (Å²) in [5.74, 6) is 4.34. The molecule has 0 aromatic heterocycles. The number of nitrogens with zero attached hydrogens (tertiary/aromatic N) is 1. The van der Waals surface area contributed by atoms with Crippen LogP contribution in [0.15, 0.2) is 23.3 Å². The molecule has 2 heteroatoms. The van der Waals surface area contributed by atoms with E-state index in [1.54, 1.807) is 11.1 Å². The Hall–Kier alpha value is -0.600. The molecule has 0 N–H and O–H groups in total. The van der Waals surface area contributed by atoms with E-state index in [9.17, 15) is 0 Å². The standard InChI is InChI=1S/C30H47NO/c1-21(8-9-23-13-18-31(4)20-22(23)2)26-10-11-27-28(26,3)15-12-25-19-24-7-5-6-14-29(24)16-17-30(25,27)32-29/h7,19,21-23,26-27H,5-6,8-18,20H2,1-4H3/t21?,22?,23?,26-,27-,28-,29+,30-/m1/s1. The quantitative estimate of drug-likeness (QED) is 0.463. The molecule has 178 valence electrons. The van der Waals surface area contributed by atoms with Crippen molar-refractivity contribution >= 4 is 0 Å². The average molecular weight is 438 g/mol. The lowest BCUT2D eigenvalue weighted by Crippen LogP contribution is -2.54. The first kappa shape index (κ1) is 21.9. The van der Waals surface area contributed by atoms with Gasteiger partial charge in [-0.05, 0) is 130 Å². The number of fused-ring (bicyclic) bond motifs is 1. The van der Waals surface area contributed by atoms with E-state index in [0.29, 0.717) is 5.41 Å². The van der Waals surface area contributed by atoms with Crippen LogP contribution in [0.3, 0.4) is 0 Å². The van der Waals surface area contributed by atoms with Crippen molar-refractivity contribution in [2.24, 2.45) is 35.0 Å². The summed E-state index contributed by atoms with van der Waals surface area (Å²) in [7, 11) is 2.30. The molecule has 3 unspecified atom stereocenters. The second-order valence-corrected chi connectivity index (χ2v) is 13.3. The monoisotopic (exact) mass is 437 g/mol. The molecule has 2 nitrogen and oxygen atoms in total. The van der Waals surface area contributed by atoms with Crippen LogP contribution in [-0.4, -0.2) is 36.2 Å². The molecule has 3 aliphatic carbocycles. The second kappa shape index (κ2) is 7.70. The van der Waals surface area contributed by atoms with Crippen LogP contribution in [0.25, 0.3) is 0 Å². The molecule has 2 spiro atoms. The molecule has 4 fully saturated rings. The van der Waals surface area contributed by atoms with Crippen LogP contribution in [0.2, 0.25) is 0 Å². The molecule has 6 rings (SSSR count). The van der Waals surface area contributed by atoms with E-state index in [2.05, 4.69) is 44.9 Å². The van der Waals surface area contributed by atoms with E-state index < -0.39 is 0 Å².